The third kappa shape index (κ3) is 5.80. The van der Waals surface area contributed by atoms with Crippen LogP contribution in [0.1, 0.15) is 51.9 Å². The summed E-state index contributed by atoms with van der Waals surface area (Å²) in [6.07, 6.45) is 8.99. The normalized spacial score (nSPS) is 22.9. The minimum atomic E-state index is 0.665. The highest BCUT2D eigenvalue weighted by Crippen LogP contribution is 2.21. The third-order valence-corrected chi connectivity index (χ3v) is 3.74. The quantitative estimate of drug-likeness (QED) is 0.726. The van der Waals surface area contributed by atoms with Gasteiger partial charge in [0, 0.05) is 0 Å². The van der Waals surface area contributed by atoms with E-state index in [1.54, 1.807) is 0 Å². The summed E-state index contributed by atoms with van der Waals surface area (Å²) >= 11 is 4.90. The van der Waals surface area contributed by atoms with Gasteiger partial charge in [-0.1, -0.05) is 32.0 Å². The van der Waals surface area contributed by atoms with Crippen molar-refractivity contribution in [1.29, 1.82) is 0 Å². The average Bonchev–Trinajstić information content (AvgIpc) is 2.44. The van der Waals surface area contributed by atoms with Crippen LogP contribution in [0.25, 0.3) is 0 Å². The first kappa shape index (κ1) is 13.9. The highest BCUT2D eigenvalue weighted by molar-refractivity contribution is 7.80. The van der Waals surface area contributed by atoms with Crippen molar-refractivity contribution in [3.8, 4) is 0 Å². The van der Waals surface area contributed by atoms with Crippen LogP contribution in [0.4, 0.5) is 0 Å². The van der Waals surface area contributed by atoms with Gasteiger partial charge >= 0.3 is 0 Å². The topological polar surface area (TPSA) is 29.3 Å². The molecular formula is C13H26N2S. The number of nitrogens with two attached hydrogens (primary N) is 1. The van der Waals surface area contributed by atoms with Crippen LogP contribution in [0.15, 0.2) is 0 Å². The SMILES string of the molecule is CCCC1CCCN(CCCC(N)=S)CC1. The summed E-state index contributed by atoms with van der Waals surface area (Å²) in [7, 11) is 0. The van der Waals surface area contributed by atoms with Crippen molar-refractivity contribution in [1.82, 2.24) is 4.90 Å². The van der Waals surface area contributed by atoms with Gasteiger partial charge in [-0.2, -0.15) is 0 Å². The molecule has 0 bridgehead atoms. The van der Waals surface area contributed by atoms with Crippen molar-refractivity contribution in [2.24, 2.45) is 11.7 Å². The highest BCUT2D eigenvalue weighted by atomic mass is 32.1. The van der Waals surface area contributed by atoms with Crippen LogP contribution in [0.3, 0.4) is 0 Å². The predicted molar refractivity (Wildman–Crippen MR) is 74.7 cm³/mol. The zero-order chi connectivity index (χ0) is 11.8. The molecule has 0 aromatic rings. The van der Waals surface area contributed by atoms with Gasteiger partial charge in [-0.25, -0.2) is 0 Å². The van der Waals surface area contributed by atoms with Gasteiger partial charge in [-0.15, -0.1) is 0 Å². The van der Waals surface area contributed by atoms with E-state index in [4.69, 9.17) is 18.0 Å². The van der Waals surface area contributed by atoms with Crippen molar-refractivity contribution >= 4 is 17.2 Å². The van der Waals surface area contributed by atoms with Gasteiger partial charge in [0.25, 0.3) is 0 Å². The van der Waals surface area contributed by atoms with Gasteiger partial charge < -0.3 is 10.6 Å². The molecule has 1 atom stereocenters. The van der Waals surface area contributed by atoms with E-state index >= 15 is 0 Å². The molecular weight excluding hydrogens is 216 g/mol. The lowest BCUT2D eigenvalue weighted by atomic mass is 9.96. The predicted octanol–water partition coefficient (Wildman–Crippen LogP) is 2.95. The van der Waals surface area contributed by atoms with Crippen molar-refractivity contribution in [3.63, 3.8) is 0 Å². The second-order valence-corrected chi connectivity index (χ2v) is 5.52. The van der Waals surface area contributed by atoms with Gasteiger partial charge in [0.15, 0.2) is 0 Å². The number of likely N-dealkylation sites (tertiary alicyclic amines) is 1. The largest absolute Gasteiger partial charge is 0.393 e. The summed E-state index contributed by atoms with van der Waals surface area (Å²) in [5.41, 5.74) is 5.51. The molecule has 0 spiro atoms. The Morgan fingerprint density at radius 1 is 1.38 bits per heavy atom. The van der Waals surface area contributed by atoms with Gasteiger partial charge in [0.05, 0.1) is 4.99 Å². The molecule has 94 valence electrons. The fourth-order valence-corrected chi connectivity index (χ4v) is 2.77. The Morgan fingerprint density at radius 3 is 2.88 bits per heavy atom. The number of hydrogen-bond acceptors (Lipinski definition) is 2. The Labute approximate surface area is 106 Å². The van der Waals surface area contributed by atoms with Gasteiger partial charge in [-0.05, 0) is 57.7 Å². The third-order valence-electron chi connectivity index (χ3n) is 3.53. The van der Waals surface area contributed by atoms with E-state index in [9.17, 15) is 0 Å². The Hall–Kier alpha value is -0.150. The molecule has 0 aromatic heterocycles. The number of hydrogen-bond donors (Lipinski definition) is 1. The molecule has 16 heavy (non-hydrogen) atoms. The first-order valence-corrected chi connectivity index (χ1v) is 7.14. The monoisotopic (exact) mass is 242 g/mol. The maximum Gasteiger partial charge on any atom is 0.0727 e. The molecule has 1 unspecified atom stereocenters. The lowest BCUT2D eigenvalue weighted by molar-refractivity contribution is 0.277. The summed E-state index contributed by atoms with van der Waals surface area (Å²) < 4.78 is 0. The van der Waals surface area contributed by atoms with E-state index in [2.05, 4.69) is 11.8 Å². The highest BCUT2D eigenvalue weighted by Gasteiger charge is 2.15. The summed E-state index contributed by atoms with van der Waals surface area (Å²) in [5.74, 6) is 0.977. The maximum atomic E-state index is 5.51. The van der Waals surface area contributed by atoms with Crippen LogP contribution in [0.5, 0.6) is 0 Å². The molecule has 1 heterocycles. The number of nitrogens with zero attached hydrogens (tertiary/aromatic N) is 1. The van der Waals surface area contributed by atoms with Crippen LogP contribution in [0, 0.1) is 5.92 Å². The minimum absolute atomic E-state index is 0.665. The van der Waals surface area contributed by atoms with E-state index in [1.165, 1.54) is 51.7 Å². The smallest absolute Gasteiger partial charge is 0.0727 e. The second kappa shape index (κ2) is 8.02. The Morgan fingerprint density at radius 2 is 2.19 bits per heavy atom. The lowest BCUT2D eigenvalue weighted by Gasteiger charge is -2.19. The van der Waals surface area contributed by atoms with Crippen molar-refractivity contribution in [2.75, 3.05) is 19.6 Å². The van der Waals surface area contributed by atoms with Crippen LogP contribution in [0.2, 0.25) is 0 Å². The Bertz CT molecular complexity index is 206. The van der Waals surface area contributed by atoms with Gasteiger partial charge in [-0.3, -0.25) is 0 Å². The molecule has 2 N–H and O–H groups in total. The first-order chi connectivity index (χ1) is 7.72. The molecule has 1 fully saturated rings. The zero-order valence-corrected chi connectivity index (χ0v) is 11.4. The first-order valence-electron chi connectivity index (χ1n) is 6.73. The summed E-state index contributed by atoms with van der Waals surface area (Å²) in [5, 5.41) is 0. The fourth-order valence-electron chi connectivity index (χ4n) is 2.62. The van der Waals surface area contributed by atoms with E-state index in [1.807, 2.05) is 0 Å². The van der Waals surface area contributed by atoms with Crippen LogP contribution >= 0.6 is 12.2 Å². The maximum absolute atomic E-state index is 5.51. The second-order valence-electron chi connectivity index (χ2n) is 5.00. The summed E-state index contributed by atoms with van der Waals surface area (Å²) in [6.45, 7) is 6.03. The molecule has 0 saturated carbocycles. The molecule has 0 aromatic carbocycles. The molecule has 0 radical (unpaired) electrons. The van der Waals surface area contributed by atoms with Crippen molar-refractivity contribution in [2.45, 2.75) is 51.9 Å². The zero-order valence-electron chi connectivity index (χ0n) is 10.6. The van der Waals surface area contributed by atoms with E-state index in [-0.39, 0.29) is 0 Å². The van der Waals surface area contributed by atoms with E-state index in [0.29, 0.717) is 4.99 Å². The van der Waals surface area contributed by atoms with Crippen LogP contribution in [-0.2, 0) is 0 Å². The summed E-state index contributed by atoms with van der Waals surface area (Å²) in [4.78, 5) is 3.26. The Kier molecular flexibility index (Phi) is 6.97. The molecule has 1 aliphatic heterocycles. The fraction of sp³-hybridized carbons (Fsp3) is 0.923. The van der Waals surface area contributed by atoms with E-state index < -0.39 is 0 Å². The lowest BCUT2D eigenvalue weighted by Crippen LogP contribution is -2.26. The molecule has 1 saturated heterocycles. The molecule has 1 aliphatic rings. The van der Waals surface area contributed by atoms with Gasteiger partial charge in [0.1, 0.15) is 0 Å². The molecule has 2 nitrogen and oxygen atoms in total. The van der Waals surface area contributed by atoms with Gasteiger partial charge in [0.2, 0.25) is 0 Å². The van der Waals surface area contributed by atoms with Crippen LogP contribution < -0.4 is 5.73 Å². The average molecular weight is 242 g/mol. The van der Waals surface area contributed by atoms with E-state index in [0.717, 1.165) is 18.8 Å². The molecule has 0 aliphatic carbocycles. The molecule has 1 rings (SSSR count). The van der Waals surface area contributed by atoms with Crippen molar-refractivity contribution < 1.29 is 0 Å². The number of thiocarbonyl (C=S) groups is 1. The molecule has 3 heteroatoms. The van der Waals surface area contributed by atoms with Crippen molar-refractivity contribution in [3.05, 3.63) is 0 Å². The van der Waals surface area contributed by atoms with Crippen LogP contribution in [-0.4, -0.2) is 29.5 Å². The number of rotatable bonds is 6. The summed E-state index contributed by atoms with van der Waals surface area (Å²) in [6, 6.07) is 0. The molecule has 0 amide bonds. The Balaban J connectivity index is 2.17. The standard InChI is InChI=1S/C13H26N2S/c1-2-5-12-6-3-9-15(11-8-12)10-4-7-13(14)16/h12H,2-11H2,1H3,(H2,14,16). The minimum Gasteiger partial charge on any atom is -0.393 e.